The van der Waals surface area contributed by atoms with Gasteiger partial charge in [0.2, 0.25) is 0 Å². The largest absolute Gasteiger partial charge is 0.466 e. The van der Waals surface area contributed by atoms with Gasteiger partial charge < -0.3 is 4.74 Å². The highest BCUT2D eigenvalue weighted by Crippen LogP contribution is 2.27. The maximum Gasteiger partial charge on any atom is 0.306 e. The first-order valence-corrected chi connectivity index (χ1v) is 7.87. The standard InChI is InChI=1S/C16H23BrO2/c1-3-5-10-19-16(18)12-13(7-4-2)14-8-6-9-15(17)11-14/h6,8-9,11,13H,3-5,7,10,12H2,1-2H3. The van der Waals surface area contributed by atoms with Gasteiger partial charge in [-0.2, -0.15) is 0 Å². The van der Waals surface area contributed by atoms with E-state index in [4.69, 9.17) is 4.74 Å². The summed E-state index contributed by atoms with van der Waals surface area (Å²) in [5.41, 5.74) is 1.21. The van der Waals surface area contributed by atoms with Gasteiger partial charge in [-0.1, -0.05) is 54.8 Å². The lowest BCUT2D eigenvalue weighted by Crippen LogP contribution is -2.11. The van der Waals surface area contributed by atoms with Gasteiger partial charge in [0.05, 0.1) is 13.0 Å². The fourth-order valence-electron chi connectivity index (χ4n) is 2.09. The Kier molecular flexibility index (Phi) is 7.80. The molecule has 2 nitrogen and oxygen atoms in total. The van der Waals surface area contributed by atoms with E-state index in [-0.39, 0.29) is 11.9 Å². The van der Waals surface area contributed by atoms with Crippen LogP contribution in [0.2, 0.25) is 0 Å². The third kappa shape index (κ3) is 6.24. The highest BCUT2D eigenvalue weighted by molar-refractivity contribution is 9.10. The summed E-state index contributed by atoms with van der Waals surface area (Å²) in [5.74, 6) is 0.184. The number of rotatable bonds is 8. The van der Waals surface area contributed by atoms with Crippen LogP contribution in [-0.2, 0) is 9.53 Å². The smallest absolute Gasteiger partial charge is 0.306 e. The molecule has 0 heterocycles. The van der Waals surface area contributed by atoms with Crippen molar-refractivity contribution in [1.29, 1.82) is 0 Å². The number of halogens is 1. The Hall–Kier alpha value is -0.830. The number of esters is 1. The Morgan fingerprint density at radius 2 is 2.11 bits per heavy atom. The normalized spacial score (nSPS) is 12.2. The zero-order valence-corrected chi connectivity index (χ0v) is 13.4. The Labute approximate surface area is 124 Å². The van der Waals surface area contributed by atoms with Crippen LogP contribution in [-0.4, -0.2) is 12.6 Å². The Bertz CT molecular complexity index is 390. The third-order valence-corrected chi connectivity index (χ3v) is 3.62. The van der Waals surface area contributed by atoms with Gasteiger partial charge in [0.1, 0.15) is 0 Å². The van der Waals surface area contributed by atoms with Crippen LogP contribution in [0.4, 0.5) is 0 Å². The summed E-state index contributed by atoms with van der Waals surface area (Å²) in [6.45, 7) is 4.79. The molecule has 0 radical (unpaired) electrons. The van der Waals surface area contributed by atoms with Crippen LogP contribution >= 0.6 is 15.9 Å². The van der Waals surface area contributed by atoms with E-state index in [1.165, 1.54) is 5.56 Å². The molecule has 0 aromatic heterocycles. The summed E-state index contributed by atoms with van der Waals surface area (Å²) in [6, 6.07) is 8.21. The molecule has 0 N–H and O–H groups in total. The van der Waals surface area contributed by atoms with Crippen molar-refractivity contribution in [3.8, 4) is 0 Å². The molecule has 1 atom stereocenters. The van der Waals surface area contributed by atoms with Crippen molar-refractivity contribution in [1.82, 2.24) is 0 Å². The maximum atomic E-state index is 11.8. The van der Waals surface area contributed by atoms with Crippen LogP contribution in [0.25, 0.3) is 0 Å². The van der Waals surface area contributed by atoms with Crippen LogP contribution in [0, 0.1) is 0 Å². The molecule has 0 aliphatic carbocycles. The van der Waals surface area contributed by atoms with E-state index in [1.54, 1.807) is 0 Å². The average molecular weight is 327 g/mol. The van der Waals surface area contributed by atoms with Gasteiger partial charge in [0.25, 0.3) is 0 Å². The van der Waals surface area contributed by atoms with Gasteiger partial charge >= 0.3 is 5.97 Å². The van der Waals surface area contributed by atoms with Gasteiger partial charge in [-0.3, -0.25) is 4.79 Å². The molecule has 106 valence electrons. The van der Waals surface area contributed by atoms with Gasteiger partial charge in [-0.25, -0.2) is 0 Å². The number of benzene rings is 1. The molecule has 0 amide bonds. The molecule has 0 bridgehead atoms. The van der Waals surface area contributed by atoms with Crippen molar-refractivity contribution in [2.75, 3.05) is 6.61 Å². The summed E-state index contributed by atoms with van der Waals surface area (Å²) >= 11 is 3.48. The van der Waals surface area contributed by atoms with Crippen molar-refractivity contribution >= 4 is 21.9 Å². The van der Waals surface area contributed by atoms with Crippen molar-refractivity contribution in [3.63, 3.8) is 0 Å². The second kappa shape index (κ2) is 9.13. The molecule has 19 heavy (non-hydrogen) atoms. The van der Waals surface area contributed by atoms with Crippen LogP contribution < -0.4 is 0 Å². The van der Waals surface area contributed by atoms with E-state index in [2.05, 4.69) is 41.9 Å². The molecule has 1 aromatic carbocycles. The monoisotopic (exact) mass is 326 g/mol. The number of carbonyl (C=O) groups is 1. The van der Waals surface area contributed by atoms with Crippen molar-refractivity contribution < 1.29 is 9.53 Å². The van der Waals surface area contributed by atoms with Gasteiger partial charge in [-0.05, 0) is 36.5 Å². The Balaban J connectivity index is 2.60. The highest BCUT2D eigenvalue weighted by atomic mass is 79.9. The molecule has 0 spiro atoms. The summed E-state index contributed by atoms with van der Waals surface area (Å²) in [7, 11) is 0. The topological polar surface area (TPSA) is 26.3 Å². The first kappa shape index (κ1) is 16.2. The van der Waals surface area contributed by atoms with Crippen LogP contribution in [0.1, 0.15) is 57.4 Å². The van der Waals surface area contributed by atoms with Crippen LogP contribution in [0.3, 0.4) is 0 Å². The highest BCUT2D eigenvalue weighted by Gasteiger charge is 2.16. The quantitative estimate of drug-likeness (QED) is 0.492. The molecule has 1 rings (SSSR count). The van der Waals surface area contributed by atoms with Crippen LogP contribution in [0.5, 0.6) is 0 Å². The molecule has 1 unspecified atom stereocenters. The molecule has 1 aromatic rings. The number of hydrogen-bond donors (Lipinski definition) is 0. The van der Waals surface area contributed by atoms with E-state index in [1.807, 2.05) is 12.1 Å². The first-order chi connectivity index (χ1) is 9.17. The second-order valence-electron chi connectivity index (χ2n) is 4.82. The number of ether oxygens (including phenoxy) is 1. The summed E-state index contributed by atoms with van der Waals surface area (Å²) in [4.78, 5) is 11.8. The van der Waals surface area contributed by atoms with Crippen LogP contribution in [0.15, 0.2) is 28.7 Å². The van der Waals surface area contributed by atoms with Crippen molar-refractivity contribution in [2.24, 2.45) is 0 Å². The predicted octanol–water partition coefficient (Wildman–Crippen LogP) is 5.07. The fourth-order valence-corrected chi connectivity index (χ4v) is 2.50. The minimum Gasteiger partial charge on any atom is -0.466 e. The molecule has 0 saturated heterocycles. The molecule has 0 aliphatic heterocycles. The Morgan fingerprint density at radius 1 is 1.32 bits per heavy atom. The van der Waals surface area contributed by atoms with Gasteiger partial charge in [0.15, 0.2) is 0 Å². The zero-order valence-electron chi connectivity index (χ0n) is 11.8. The summed E-state index contributed by atoms with van der Waals surface area (Å²) in [5, 5.41) is 0. The first-order valence-electron chi connectivity index (χ1n) is 7.08. The third-order valence-electron chi connectivity index (χ3n) is 3.13. The van der Waals surface area contributed by atoms with E-state index in [0.717, 1.165) is 30.2 Å². The minimum atomic E-state index is -0.0770. The van der Waals surface area contributed by atoms with E-state index < -0.39 is 0 Å². The van der Waals surface area contributed by atoms with Gasteiger partial charge in [-0.15, -0.1) is 0 Å². The molecule has 3 heteroatoms. The summed E-state index contributed by atoms with van der Waals surface area (Å²) < 4.78 is 6.32. The molecule has 0 aliphatic rings. The van der Waals surface area contributed by atoms with E-state index >= 15 is 0 Å². The predicted molar refractivity (Wildman–Crippen MR) is 82.3 cm³/mol. The molecule has 0 saturated carbocycles. The number of carbonyl (C=O) groups excluding carboxylic acids is 1. The van der Waals surface area contributed by atoms with Gasteiger partial charge in [0, 0.05) is 4.47 Å². The van der Waals surface area contributed by atoms with E-state index in [9.17, 15) is 4.79 Å². The van der Waals surface area contributed by atoms with Crippen molar-refractivity contribution in [3.05, 3.63) is 34.3 Å². The average Bonchev–Trinajstić information content (AvgIpc) is 2.38. The lowest BCUT2D eigenvalue weighted by molar-refractivity contribution is -0.144. The number of hydrogen-bond acceptors (Lipinski definition) is 2. The molecule has 0 fully saturated rings. The maximum absolute atomic E-state index is 11.8. The minimum absolute atomic E-state index is 0.0770. The summed E-state index contributed by atoms with van der Waals surface area (Å²) in [6.07, 6.45) is 4.56. The SMILES string of the molecule is CCCCOC(=O)CC(CCC)c1cccc(Br)c1. The van der Waals surface area contributed by atoms with E-state index in [0.29, 0.717) is 13.0 Å². The molecular formula is C16H23BrO2. The molecular weight excluding hydrogens is 304 g/mol. The lowest BCUT2D eigenvalue weighted by atomic mass is 9.91. The lowest BCUT2D eigenvalue weighted by Gasteiger charge is -2.16. The fraction of sp³-hybridized carbons (Fsp3) is 0.562. The zero-order chi connectivity index (χ0) is 14.1. The number of unbranched alkanes of at least 4 members (excludes halogenated alkanes) is 1. The van der Waals surface area contributed by atoms with Crippen molar-refractivity contribution in [2.45, 2.75) is 51.9 Å². The Morgan fingerprint density at radius 3 is 2.74 bits per heavy atom. The second-order valence-corrected chi connectivity index (χ2v) is 5.73.